The SMILES string of the molecule is CC1CN(C(=O)N2c3cc(F)ccc3-n3cnc(C(=O)OC(C)(C)C)c3C2(C)C)CC(C)N1C. The van der Waals surface area contributed by atoms with E-state index in [2.05, 4.69) is 30.8 Å². The van der Waals surface area contributed by atoms with Crippen LogP contribution in [0.3, 0.4) is 0 Å². The van der Waals surface area contributed by atoms with Crippen LogP contribution in [0.5, 0.6) is 0 Å². The Bertz CT molecular complexity index is 1120. The summed E-state index contributed by atoms with van der Waals surface area (Å²) in [4.78, 5) is 37.1. The maximum atomic E-state index is 14.4. The van der Waals surface area contributed by atoms with E-state index >= 15 is 0 Å². The summed E-state index contributed by atoms with van der Waals surface area (Å²) in [6.45, 7) is 14.4. The Kier molecular flexibility index (Phi) is 5.75. The molecule has 0 aliphatic carbocycles. The Balaban J connectivity index is 1.84. The van der Waals surface area contributed by atoms with Crippen LogP contribution < -0.4 is 4.90 Å². The van der Waals surface area contributed by atoms with Crippen molar-refractivity contribution in [3.05, 3.63) is 41.7 Å². The van der Waals surface area contributed by atoms with Gasteiger partial charge in [-0.05, 0) is 73.7 Å². The molecule has 3 heterocycles. The van der Waals surface area contributed by atoms with E-state index in [9.17, 15) is 14.0 Å². The highest BCUT2D eigenvalue weighted by Gasteiger charge is 2.47. The van der Waals surface area contributed by atoms with Gasteiger partial charge < -0.3 is 9.64 Å². The van der Waals surface area contributed by atoms with Gasteiger partial charge in [0.15, 0.2) is 5.69 Å². The number of likely N-dealkylation sites (N-methyl/N-ethyl adjacent to an activating group) is 1. The van der Waals surface area contributed by atoms with Crippen LogP contribution in [0.15, 0.2) is 24.5 Å². The first kappa shape index (κ1) is 24.2. The lowest BCUT2D eigenvalue weighted by Gasteiger charge is -2.49. The Labute approximate surface area is 200 Å². The van der Waals surface area contributed by atoms with E-state index in [-0.39, 0.29) is 23.8 Å². The van der Waals surface area contributed by atoms with Crippen molar-refractivity contribution in [2.24, 2.45) is 0 Å². The molecule has 1 aromatic heterocycles. The molecular weight excluding hydrogens is 437 g/mol. The molecule has 2 atom stereocenters. The first-order chi connectivity index (χ1) is 15.7. The lowest BCUT2D eigenvalue weighted by molar-refractivity contribution is 0.00600. The van der Waals surface area contributed by atoms with Crippen LogP contribution in [-0.4, -0.2) is 69.2 Å². The number of fused-ring (bicyclic) bond motifs is 3. The van der Waals surface area contributed by atoms with E-state index in [1.54, 1.807) is 36.3 Å². The molecule has 0 spiro atoms. The number of hydrogen-bond donors (Lipinski definition) is 0. The number of ether oxygens (including phenoxy) is 1. The molecule has 4 rings (SSSR count). The van der Waals surface area contributed by atoms with Crippen molar-refractivity contribution in [1.29, 1.82) is 0 Å². The molecule has 8 nitrogen and oxygen atoms in total. The first-order valence-corrected chi connectivity index (χ1v) is 11.6. The number of carbonyl (C=O) groups excluding carboxylic acids is 2. The van der Waals surface area contributed by atoms with Crippen LogP contribution in [0.1, 0.15) is 64.6 Å². The maximum Gasteiger partial charge on any atom is 0.359 e. The van der Waals surface area contributed by atoms with Crippen molar-refractivity contribution >= 4 is 17.7 Å². The van der Waals surface area contributed by atoms with Gasteiger partial charge in [0.25, 0.3) is 0 Å². The minimum absolute atomic E-state index is 0.146. The van der Waals surface area contributed by atoms with Crippen LogP contribution in [0, 0.1) is 5.82 Å². The van der Waals surface area contributed by atoms with E-state index in [4.69, 9.17) is 4.74 Å². The second-order valence-electron chi connectivity index (χ2n) is 10.9. The van der Waals surface area contributed by atoms with E-state index in [1.807, 2.05) is 18.7 Å². The molecule has 2 aliphatic rings. The van der Waals surface area contributed by atoms with Gasteiger partial charge in [-0.1, -0.05) is 0 Å². The number of carbonyl (C=O) groups is 2. The molecule has 9 heteroatoms. The topological polar surface area (TPSA) is 70.9 Å². The first-order valence-electron chi connectivity index (χ1n) is 11.6. The molecule has 0 radical (unpaired) electrons. The fraction of sp³-hybridized carbons (Fsp3) is 0.560. The highest BCUT2D eigenvalue weighted by Crippen LogP contribution is 2.44. The summed E-state index contributed by atoms with van der Waals surface area (Å²) in [6.07, 6.45) is 1.54. The van der Waals surface area contributed by atoms with Gasteiger partial charge in [0.1, 0.15) is 17.7 Å². The fourth-order valence-corrected chi connectivity index (χ4v) is 4.92. The maximum absolute atomic E-state index is 14.4. The third-order valence-corrected chi connectivity index (χ3v) is 6.76. The predicted molar refractivity (Wildman–Crippen MR) is 128 cm³/mol. The van der Waals surface area contributed by atoms with Crippen LogP contribution in [0.25, 0.3) is 5.69 Å². The average molecular weight is 472 g/mol. The fourth-order valence-electron chi connectivity index (χ4n) is 4.92. The van der Waals surface area contributed by atoms with Crippen molar-refractivity contribution in [2.75, 3.05) is 25.0 Å². The van der Waals surface area contributed by atoms with Crippen molar-refractivity contribution < 1.29 is 18.7 Å². The van der Waals surface area contributed by atoms with Crippen LogP contribution in [0.2, 0.25) is 0 Å². The number of halogens is 1. The normalized spacial score (nSPS) is 22.3. The van der Waals surface area contributed by atoms with E-state index in [0.29, 0.717) is 30.2 Å². The molecule has 2 aromatic rings. The zero-order valence-electron chi connectivity index (χ0n) is 21.2. The predicted octanol–water partition coefficient (Wildman–Crippen LogP) is 4.17. The second-order valence-corrected chi connectivity index (χ2v) is 10.9. The van der Waals surface area contributed by atoms with E-state index in [1.165, 1.54) is 18.5 Å². The molecule has 2 amide bonds. The third kappa shape index (κ3) is 3.96. The summed E-state index contributed by atoms with van der Waals surface area (Å²) in [7, 11) is 2.05. The second kappa shape index (κ2) is 8.08. The highest BCUT2D eigenvalue weighted by atomic mass is 19.1. The van der Waals surface area contributed by atoms with Crippen molar-refractivity contribution in [3.63, 3.8) is 0 Å². The highest BCUT2D eigenvalue weighted by molar-refractivity contribution is 5.99. The Morgan fingerprint density at radius 1 is 1.12 bits per heavy atom. The molecule has 184 valence electrons. The van der Waals surface area contributed by atoms with Gasteiger partial charge >= 0.3 is 12.0 Å². The van der Waals surface area contributed by atoms with Crippen LogP contribution in [0.4, 0.5) is 14.9 Å². The van der Waals surface area contributed by atoms with Gasteiger partial charge in [-0.15, -0.1) is 0 Å². The number of esters is 1. The number of piperazine rings is 1. The van der Waals surface area contributed by atoms with Gasteiger partial charge in [-0.25, -0.2) is 19.0 Å². The van der Waals surface area contributed by atoms with Gasteiger partial charge in [0, 0.05) is 25.2 Å². The van der Waals surface area contributed by atoms with Gasteiger partial charge in [-0.2, -0.15) is 0 Å². The lowest BCUT2D eigenvalue weighted by Crippen LogP contribution is -2.62. The lowest BCUT2D eigenvalue weighted by atomic mass is 9.91. The summed E-state index contributed by atoms with van der Waals surface area (Å²) in [5, 5.41) is 0. The third-order valence-electron chi connectivity index (χ3n) is 6.76. The summed E-state index contributed by atoms with van der Waals surface area (Å²) in [5.41, 5.74) is -0.000372. The summed E-state index contributed by atoms with van der Waals surface area (Å²) in [6, 6.07) is 4.45. The number of imidazole rings is 1. The molecular formula is C25H34FN5O3. The summed E-state index contributed by atoms with van der Waals surface area (Å²) in [5.74, 6) is -1.00. The molecule has 34 heavy (non-hydrogen) atoms. The van der Waals surface area contributed by atoms with Crippen molar-refractivity contribution in [2.45, 2.75) is 71.7 Å². The van der Waals surface area contributed by atoms with Gasteiger partial charge in [0.2, 0.25) is 0 Å². The zero-order valence-corrected chi connectivity index (χ0v) is 21.2. The number of anilines is 1. The van der Waals surface area contributed by atoms with Crippen molar-refractivity contribution in [1.82, 2.24) is 19.4 Å². The molecule has 0 saturated carbocycles. The molecule has 1 saturated heterocycles. The number of rotatable bonds is 1. The number of nitrogens with zero attached hydrogens (tertiary/aromatic N) is 5. The molecule has 2 unspecified atom stereocenters. The minimum atomic E-state index is -1.00. The number of aromatic nitrogens is 2. The number of hydrogen-bond acceptors (Lipinski definition) is 5. The molecule has 0 N–H and O–H groups in total. The standard InChI is InChI=1S/C25H34FN5O3/c1-15-12-29(13-16(2)28(15)8)23(33)31-19-11-17(26)9-10-18(19)30-14-27-20(21(30)25(31,6)7)22(32)34-24(3,4)5/h9-11,14-16H,12-13H2,1-8H3. The van der Waals surface area contributed by atoms with Gasteiger partial charge in [-0.3, -0.25) is 14.4 Å². The minimum Gasteiger partial charge on any atom is -0.455 e. The van der Waals surface area contributed by atoms with Gasteiger partial charge in [0.05, 0.1) is 22.6 Å². The van der Waals surface area contributed by atoms with Crippen molar-refractivity contribution in [3.8, 4) is 5.69 Å². The molecule has 0 bridgehead atoms. The quantitative estimate of drug-likeness (QED) is 0.584. The Morgan fingerprint density at radius 3 is 2.32 bits per heavy atom. The molecule has 1 aromatic carbocycles. The van der Waals surface area contributed by atoms with Crippen LogP contribution in [-0.2, 0) is 10.3 Å². The molecule has 1 fully saturated rings. The smallest absolute Gasteiger partial charge is 0.359 e. The average Bonchev–Trinajstić information content (AvgIpc) is 3.16. The zero-order chi connectivity index (χ0) is 25.2. The van der Waals surface area contributed by atoms with E-state index < -0.39 is 22.9 Å². The summed E-state index contributed by atoms with van der Waals surface area (Å²) >= 11 is 0. The number of amides is 2. The van der Waals surface area contributed by atoms with Crippen LogP contribution >= 0.6 is 0 Å². The largest absolute Gasteiger partial charge is 0.455 e. The Morgan fingerprint density at radius 2 is 1.74 bits per heavy atom. The summed E-state index contributed by atoms with van der Waals surface area (Å²) < 4.78 is 21.8. The Hall–Kier alpha value is -2.94. The van der Waals surface area contributed by atoms with E-state index in [0.717, 1.165) is 0 Å². The molecule has 2 aliphatic heterocycles. The number of urea groups is 1. The number of benzene rings is 1. The monoisotopic (exact) mass is 471 g/mol.